The molecule has 1 atom stereocenters. The van der Waals surface area contributed by atoms with Gasteiger partial charge in [0, 0.05) is 29.9 Å². The normalized spacial score (nSPS) is 12.5. The van der Waals surface area contributed by atoms with Gasteiger partial charge in [0.2, 0.25) is 0 Å². The molecule has 3 aromatic rings. The summed E-state index contributed by atoms with van der Waals surface area (Å²) < 4.78 is 12.5. The van der Waals surface area contributed by atoms with Gasteiger partial charge in [-0.2, -0.15) is 0 Å². The zero-order chi connectivity index (χ0) is 15.5. The lowest BCUT2D eigenvalue weighted by atomic mass is 10.1. The van der Waals surface area contributed by atoms with Crippen LogP contribution in [0.1, 0.15) is 5.56 Å². The third kappa shape index (κ3) is 3.17. The maximum Gasteiger partial charge on any atom is 0.336 e. The molecule has 1 N–H and O–H groups in total. The lowest BCUT2D eigenvalue weighted by molar-refractivity contribution is 0.0925. The molecule has 1 aromatic carbocycles. The van der Waals surface area contributed by atoms with Crippen LogP contribution in [0.4, 0.5) is 0 Å². The first-order valence-corrected chi connectivity index (χ1v) is 6.93. The van der Waals surface area contributed by atoms with Crippen molar-refractivity contribution in [1.82, 2.24) is 9.55 Å². The first-order chi connectivity index (χ1) is 10.6. The Kier molecular flexibility index (Phi) is 3.93. The molecule has 0 fully saturated rings. The van der Waals surface area contributed by atoms with Crippen LogP contribution in [0.2, 0.25) is 0 Å². The number of ether oxygens (including phenoxy) is 1. The molecule has 0 unspecified atom stereocenters. The Morgan fingerprint density at radius 3 is 3.05 bits per heavy atom. The Hall–Kier alpha value is -2.60. The van der Waals surface area contributed by atoms with Gasteiger partial charge in [0.1, 0.15) is 24.0 Å². The zero-order valence-electron chi connectivity index (χ0n) is 12.1. The predicted octanol–water partition coefficient (Wildman–Crippen LogP) is 1.74. The van der Waals surface area contributed by atoms with Crippen LogP contribution < -0.4 is 10.4 Å². The molecule has 22 heavy (non-hydrogen) atoms. The molecule has 0 bridgehead atoms. The summed E-state index contributed by atoms with van der Waals surface area (Å²) >= 11 is 0. The van der Waals surface area contributed by atoms with Crippen LogP contribution in [0.15, 0.2) is 52.2 Å². The van der Waals surface area contributed by atoms with E-state index in [4.69, 9.17) is 9.15 Å². The Morgan fingerprint density at radius 2 is 2.27 bits per heavy atom. The number of hydrogen-bond acceptors (Lipinski definition) is 5. The van der Waals surface area contributed by atoms with Crippen LogP contribution in [0, 0.1) is 6.92 Å². The van der Waals surface area contributed by atoms with Gasteiger partial charge in [-0.05, 0) is 24.6 Å². The maximum absolute atomic E-state index is 11.4. The number of aromatic nitrogens is 2. The van der Waals surface area contributed by atoms with E-state index in [1.807, 2.05) is 13.0 Å². The highest BCUT2D eigenvalue weighted by Crippen LogP contribution is 2.22. The van der Waals surface area contributed by atoms with Crippen LogP contribution in [0.3, 0.4) is 0 Å². The lowest BCUT2D eigenvalue weighted by Crippen LogP contribution is -2.22. The third-order valence-electron chi connectivity index (χ3n) is 3.35. The number of benzene rings is 1. The summed E-state index contributed by atoms with van der Waals surface area (Å²) in [5.41, 5.74) is 0.951. The number of fused-ring (bicyclic) bond motifs is 1. The number of hydrogen-bond donors (Lipinski definition) is 1. The first-order valence-electron chi connectivity index (χ1n) is 6.93. The molecule has 2 aromatic heterocycles. The van der Waals surface area contributed by atoms with Crippen molar-refractivity contribution in [3.8, 4) is 5.75 Å². The average Bonchev–Trinajstić information content (AvgIpc) is 2.97. The van der Waals surface area contributed by atoms with Gasteiger partial charge in [0.25, 0.3) is 0 Å². The Labute approximate surface area is 126 Å². The smallest absolute Gasteiger partial charge is 0.336 e. The Bertz CT molecular complexity index is 824. The van der Waals surface area contributed by atoms with Crippen molar-refractivity contribution in [2.45, 2.75) is 19.6 Å². The molecule has 0 aliphatic rings. The molecule has 0 aliphatic carbocycles. The van der Waals surface area contributed by atoms with E-state index in [9.17, 15) is 9.90 Å². The number of aliphatic hydroxyl groups excluding tert-OH is 1. The first kappa shape index (κ1) is 14.3. The van der Waals surface area contributed by atoms with Crippen molar-refractivity contribution >= 4 is 11.0 Å². The van der Waals surface area contributed by atoms with Crippen molar-refractivity contribution in [3.63, 3.8) is 0 Å². The molecule has 2 heterocycles. The number of aryl methyl sites for hydroxylation is 1. The van der Waals surface area contributed by atoms with E-state index in [1.165, 1.54) is 6.07 Å². The third-order valence-corrected chi connectivity index (χ3v) is 3.35. The van der Waals surface area contributed by atoms with E-state index in [0.717, 1.165) is 10.9 Å². The molecular weight excluding hydrogens is 284 g/mol. The quantitative estimate of drug-likeness (QED) is 0.726. The lowest BCUT2D eigenvalue weighted by Gasteiger charge is -2.13. The minimum atomic E-state index is -0.658. The van der Waals surface area contributed by atoms with Gasteiger partial charge >= 0.3 is 5.63 Å². The predicted molar refractivity (Wildman–Crippen MR) is 80.9 cm³/mol. The molecule has 0 aliphatic heterocycles. The fourth-order valence-electron chi connectivity index (χ4n) is 2.28. The topological polar surface area (TPSA) is 77.5 Å². The molecule has 3 rings (SSSR count). The van der Waals surface area contributed by atoms with Gasteiger partial charge in [-0.1, -0.05) is 0 Å². The minimum absolute atomic E-state index is 0.139. The number of aliphatic hydroxyl groups is 1. The summed E-state index contributed by atoms with van der Waals surface area (Å²) in [6.07, 6.45) is 4.41. The summed E-state index contributed by atoms with van der Waals surface area (Å²) in [7, 11) is 0. The van der Waals surface area contributed by atoms with Crippen LogP contribution in [0.25, 0.3) is 11.0 Å². The molecule has 6 heteroatoms. The molecule has 0 amide bonds. The molecule has 0 spiro atoms. The summed E-state index contributed by atoms with van der Waals surface area (Å²) in [4.78, 5) is 15.3. The van der Waals surface area contributed by atoms with Crippen LogP contribution in [0.5, 0.6) is 5.75 Å². The van der Waals surface area contributed by atoms with E-state index >= 15 is 0 Å². The minimum Gasteiger partial charge on any atom is -0.491 e. The van der Waals surface area contributed by atoms with Gasteiger partial charge in [-0.25, -0.2) is 9.78 Å². The largest absolute Gasteiger partial charge is 0.491 e. The van der Waals surface area contributed by atoms with Crippen LogP contribution in [-0.2, 0) is 6.54 Å². The summed E-state index contributed by atoms with van der Waals surface area (Å²) in [5.74, 6) is 0.547. The van der Waals surface area contributed by atoms with Gasteiger partial charge in [-0.15, -0.1) is 0 Å². The highest BCUT2D eigenvalue weighted by molar-refractivity contribution is 5.81. The molecule has 0 saturated heterocycles. The molecular formula is C16H16N2O4. The number of nitrogens with zero attached hydrogens (tertiary/aromatic N) is 2. The van der Waals surface area contributed by atoms with Gasteiger partial charge < -0.3 is 18.8 Å². The summed E-state index contributed by atoms with van der Waals surface area (Å²) in [6.45, 7) is 2.40. The monoisotopic (exact) mass is 300 g/mol. The SMILES string of the molecule is Cc1cc(=O)oc2cc(OC[C@H](O)Cn3ccnc3)ccc12. The van der Waals surface area contributed by atoms with Crippen LogP contribution >= 0.6 is 0 Å². The Balaban J connectivity index is 1.70. The average molecular weight is 300 g/mol. The second-order valence-corrected chi connectivity index (χ2v) is 5.13. The van der Waals surface area contributed by atoms with E-state index < -0.39 is 6.10 Å². The van der Waals surface area contributed by atoms with E-state index in [1.54, 1.807) is 35.4 Å². The Morgan fingerprint density at radius 1 is 1.41 bits per heavy atom. The fourth-order valence-corrected chi connectivity index (χ4v) is 2.28. The highest BCUT2D eigenvalue weighted by atomic mass is 16.5. The second kappa shape index (κ2) is 6.03. The van der Waals surface area contributed by atoms with Gasteiger partial charge in [0.05, 0.1) is 12.9 Å². The summed E-state index contributed by atoms with van der Waals surface area (Å²) in [5, 5.41) is 10.8. The molecule has 114 valence electrons. The van der Waals surface area contributed by atoms with E-state index in [-0.39, 0.29) is 12.2 Å². The van der Waals surface area contributed by atoms with Crippen molar-refractivity contribution in [2.24, 2.45) is 0 Å². The molecule has 0 saturated carbocycles. The van der Waals surface area contributed by atoms with Crippen molar-refractivity contribution in [3.05, 3.63) is 59.0 Å². The maximum atomic E-state index is 11.4. The standard InChI is InChI=1S/C16H16N2O4/c1-11-6-16(20)22-15-7-13(2-3-14(11)15)21-9-12(19)8-18-5-4-17-10-18/h2-7,10,12,19H,8-9H2,1H3/t12-/m1/s1. The second-order valence-electron chi connectivity index (χ2n) is 5.13. The van der Waals surface area contributed by atoms with Crippen molar-refractivity contribution in [2.75, 3.05) is 6.61 Å². The van der Waals surface area contributed by atoms with Gasteiger partial charge in [0.15, 0.2) is 0 Å². The van der Waals surface area contributed by atoms with E-state index in [0.29, 0.717) is 17.9 Å². The fraction of sp³-hybridized carbons (Fsp3) is 0.250. The van der Waals surface area contributed by atoms with E-state index in [2.05, 4.69) is 4.98 Å². The van der Waals surface area contributed by atoms with Gasteiger partial charge in [-0.3, -0.25) is 0 Å². The van der Waals surface area contributed by atoms with Crippen molar-refractivity contribution < 1.29 is 14.3 Å². The zero-order valence-corrected chi connectivity index (χ0v) is 12.1. The molecule has 6 nitrogen and oxygen atoms in total. The number of rotatable bonds is 5. The van der Waals surface area contributed by atoms with Crippen LogP contribution in [-0.4, -0.2) is 27.4 Å². The highest BCUT2D eigenvalue weighted by Gasteiger charge is 2.08. The van der Waals surface area contributed by atoms with Crippen molar-refractivity contribution in [1.29, 1.82) is 0 Å². The number of imidazole rings is 1. The molecule has 0 radical (unpaired) electrons. The summed E-state index contributed by atoms with van der Waals surface area (Å²) in [6, 6.07) is 6.75.